The monoisotopic (exact) mass is 344 g/mol. The van der Waals surface area contributed by atoms with E-state index in [1.54, 1.807) is 29.2 Å². The summed E-state index contributed by atoms with van der Waals surface area (Å²) >= 11 is 0. The summed E-state index contributed by atoms with van der Waals surface area (Å²) in [5.41, 5.74) is 3.96. The van der Waals surface area contributed by atoms with Crippen molar-refractivity contribution in [1.82, 2.24) is 15.6 Å². The van der Waals surface area contributed by atoms with Gasteiger partial charge in [-0.2, -0.15) is 5.10 Å². The molecule has 0 aromatic heterocycles. The lowest BCUT2D eigenvalue weighted by atomic mass is 10.0. The largest absolute Gasteiger partial charge is 0.412 e. The standard InChI is InChI=1S/C18H24N4O3/c1-12(2)15-10-16(21-20-15)17(23)22-9-8-13(11-22)19-18(24)25-14-6-4-3-5-7-14/h3-7,12-13,16,21H,8-11H2,1-2H3,(H,19,24). The highest BCUT2D eigenvalue weighted by Gasteiger charge is 2.34. The van der Waals surface area contributed by atoms with Crippen LogP contribution in [0.5, 0.6) is 5.75 Å². The van der Waals surface area contributed by atoms with E-state index in [2.05, 4.69) is 29.7 Å². The zero-order chi connectivity index (χ0) is 17.8. The first-order valence-electron chi connectivity index (χ1n) is 8.67. The minimum Gasteiger partial charge on any atom is -0.410 e. The van der Waals surface area contributed by atoms with E-state index in [1.807, 2.05) is 6.07 Å². The molecule has 2 atom stereocenters. The Bertz CT molecular complexity index is 660. The van der Waals surface area contributed by atoms with E-state index < -0.39 is 6.09 Å². The van der Waals surface area contributed by atoms with Crippen LogP contribution in [0.2, 0.25) is 0 Å². The number of benzene rings is 1. The minimum absolute atomic E-state index is 0.0418. The van der Waals surface area contributed by atoms with Gasteiger partial charge in [0, 0.05) is 25.2 Å². The molecule has 2 aliphatic rings. The van der Waals surface area contributed by atoms with Crippen molar-refractivity contribution < 1.29 is 14.3 Å². The number of para-hydroxylation sites is 1. The van der Waals surface area contributed by atoms with E-state index >= 15 is 0 Å². The maximum absolute atomic E-state index is 12.6. The van der Waals surface area contributed by atoms with Crippen LogP contribution < -0.4 is 15.5 Å². The Hall–Kier alpha value is -2.57. The van der Waals surface area contributed by atoms with E-state index in [0.717, 1.165) is 12.1 Å². The first kappa shape index (κ1) is 17.3. The van der Waals surface area contributed by atoms with Crippen molar-refractivity contribution in [2.24, 2.45) is 11.0 Å². The Kier molecular flexibility index (Phi) is 5.21. The van der Waals surface area contributed by atoms with E-state index in [9.17, 15) is 9.59 Å². The number of nitrogens with zero attached hydrogens (tertiary/aromatic N) is 2. The van der Waals surface area contributed by atoms with Crippen molar-refractivity contribution in [1.29, 1.82) is 0 Å². The number of nitrogens with one attached hydrogen (secondary N) is 2. The average molecular weight is 344 g/mol. The molecule has 2 heterocycles. The Morgan fingerprint density at radius 3 is 2.76 bits per heavy atom. The van der Waals surface area contributed by atoms with Crippen molar-refractivity contribution in [3.8, 4) is 5.75 Å². The lowest BCUT2D eigenvalue weighted by Crippen LogP contribution is -2.45. The molecule has 1 aromatic carbocycles. The molecule has 7 nitrogen and oxygen atoms in total. The molecule has 2 unspecified atom stereocenters. The summed E-state index contributed by atoms with van der Waals surface area (Å²) in [5.74, 6) is 0.880. The highest BCUT2D eigenvalue weighted by molar-refractivity contribution is 5.95. The second-order valence-corrected chi connectivity index (χ2v) is 6.76. The van der Waals surface area contributed by atoms with Crippen molar-refractivity contribution in [2.75, 3.05) is 13.1 Å². The van der Waals surface area contributed by atoms with Crippen molar-refractivity contribution in [3.63, 3.8) is 0 Å². The molecule has 1 fully saturated rings. The SMILES string of the molecule is CC(C)C1=NNC(C(=O)N2CCC(NC(=O)Oc3ccccc3)C2)C1. The van der Waals surface area contributed by atoms with Crippen LogP contribution in [0.4, 0.5) is 4.79 Å². The van der Waals surface area contributed by atoms with Gasteiger partial charge in [-0.05, 0) is 24.5 Å². The molecular weight excluding hydrogens is 320 g/mol. The molecular formula is C18H24N4O3. The lowest BCUT2D eigenvalue weighted by Gasteiger charge is -2.20. The summed E-state index contributed by atoms with van der Waals surface area (Å²) in [6.07, 6.45) is 0.886. The molecule has 1 aromatic rings. The van der Waals surface area contributed by atoms with Crippen LogP contribution in [0.15, 0.2) is 35.4 Å². The second kappa shape index (κ2) is 7.55. The molecule has 25 heavy (non-hydrogen) atoms. The quantitative estimate of drug-likeness (QED) is 0.872. The van der Waals surface area contributed by atoms with Gasteiger partial charge in [0.05, 0.1) is 6.04 Å². The molecule has 134 valence electrons. The number of rotatable bonds is 4. The van der Waals surface area contributed by atoms with Gasteiger partial charge < -0.3 is 15.0 Å². The molecule has 0 spiro atoms. The van der Waals surface area contributed by atoms with Gasteiger partial charge in [-0.15, -0.1) is 0 Å². The lowest BCUT2D eigenvalue weighted by molar-refractivity contribution is -0.132. The molecule has 3 rings (SSSR count). The van der Waals surface area contributed by atoms with E-state index in [1.165, 1.54) is 0 Å². The molecule has 2 N–H and O–H groups in total. The number of hydrazone groups is 1. The fourth-order valence-electron chi connectivity index (χ4n) is 3.06. The third kappa shape index (κ3) is 4.29. The second-order valence-electron chi connectivity index (χ2n) is 6.76. The fourth-order valence-corrected chi connectivity index (χ4v) is 3.06. The van der Waals surface area contributed by atoms with Gasteiger partial charge in [-0.3, -0.25) is 10.2 Å². The molecule has 1 saturated heterocycles. The Morgan fingerprint density at radius 2 is 2.08 bits per heavy atom. The zero-order valence-corrected chi connectivity index (χ0v) is 14.6. The third-order valence-corrected chi connectivity index (χ3v) is 4.52. The first-order valence-corrected chi connectivity index (χ1v) is 8.67. The molecule has 2 amide bonds. The zero-order valence-electron chi connectivity index (χ0n) is 14.6. The van der Waals surface area contributed by atoms with Gasteiger partial charge in [0.15, 0.2) is 0 Å². The van der Waals surface area contributed by atoms with Crippen molar-refractivity contribution >= 4 is 17.7 Å². The molecule has 0 radical (unpaired) electrons. The maximum Gasteiger partial charge on any atom is 0.412 e. The molecule has 0 bridgehead atoms. The number of likely N-dealkylation sites (tertiary alicyclic amines) is 1. The van der Waals surface area contributed by atoms with Crippen LogP contribution in [0, 0.1) is 5.92 Å². The predicted octanol–water partition coefficient (Wildman–Crippen LogP) is 1.75. The fraction of sp³-hybridized carbons (Fsp3) is 0.500. The van der Waals surface area contributed by atoms with Crippen LogP contribution in [0.25, 0.3) is 0 Å². The number of ether oxygens (including phenoxy) is 1. The van der Waals surface area contributed by atoms with Crippen LogP contribution >= 0.6 is 0 Å². The van der Waals surface area contributed by atoms with Gasteiger partial charge in [0.1, 0.15) is 11.8 Å². The summed E-state index contributed by atoms with van der Waals surface area (Å²) in [5, 5.41) is 7.08. The Balaban J connectivity index is 1.45. The highest BCUT2D eigenvalue weighted by atomic mass is 16.6. The number of carbonyl (C=O) groups is 2. The van der Waals surface area contributed by atoms with E-state index in [0.29, 0.717) is 31.2 Å². The molecule has 0 saturated carbocycles. The van der Waals surface area contributed by atoms with Crippen molar-refractivity contribution in [2.45, 2.75) is 38.8 Å². The van der Waals surface area contributed by atoms with Gasteiger partial charge in [0.25, 0.3) is 0 Å². The van der Waals surface area contributed by atoms with E-state index in [4.69, 9.17) is 4.74 Å². The van der Waals surface area contributed by atoms with Crippen LogP contribution in [0.1, 0.15) is 26.7 Å². The van der Waals surface area contributed by atoms with Crippen molar-refractivity contribution in [3.05, 3.63) is 30.3 Å². The van der Waals surface area contributed by atoms with Gasteiger partial charge in [-0.25, -0.2) is 4.79 Å². The van der Waals surface area contributed by atoms with E-state index in [-0.39, 0.29) is 18.0 Å². The number of hydrogen-bond acceptors (Lipinski definition) is 5. The first-order chi connectivity index (χ1) is 12.0. The minimum atomic E-state index is -0.491. The Morgan fingerprint density at radius 1 is 1.32 bits per heavy atom. The Labute approximate surface area is 147 Å². The average Bonchev–Trinajstić information content (AvgIpc) is 3.24. The summed E-state index contributed by atoms with van der Waals surface area (Å²) < 4.78 is 5.23. The summed E-state index contributed by atoms with van der Waals surface area (Å²) in [6.45, 7) is 5.27. The smallest absolute Gasteiger partial charge is 0.410 e. The predicted molar refractivity (Wildman–Crippen MR) is 94.4 cm³/mol. The summed E-state index contributed by atoms with van der Waals surface area (Å²) in [6, 6.07) is 8.54. The van der Waals surface area contributed by atoms with Gasteiger partial charge >= 0.3 is 6.09 Å². The highest BCUT2D eigenvalue weighted by Crippen LogP contribution is 2.17. The molecule has 0 aliphatic carbocycles. The topological polar surface area (TPSA) is 83.0 Å². The molecule has 7 heteroatoms. The van der Waals surface area contributed by atoms with Crippen LogP contribution in [-0.4, -0.2) is 47.8 Å². The van der Waals surface area contributed by atoms with Gasteiger partial charge in [-0.1, -0.05) is 32.0 Å². The maximum atomic E-state index is 12.6. The van der Waals surface area contributed by atoms with Crippen LogP contribution in [0.3, 0.4) is 0 Å². The van der Waals surface area contributed by atoms with Gasteiger partial charge in [0.2, 0.25) is 5.91 Å². The third-order valence-electron chi connectivity index (χ3n) is 4.52. The van der Waals surface area contributed by atoms with Crippen LogP contribution in [-0.2, 0) is 4.79 Å². The summed E-state index contributed by atoms with van der Waals surface area (Å²) in [7, 11) is 0. The number of hydrogen-bond donors (Lipinski definition) is 2. The summed E-state index contributed by atoms with van der Waals surface area (Å²) in [4.78, 5) is 26.3. The number of amides is 2. The number of carbonyl (C=O) groups excluding carboxylic acids is 2. The normalized spacial score (nSPS) is 22.5. The molecule has 2 aliphatic heterocycles.